The first-order valence-electron chi connectivity index (χ1n) is 11.3. The van der Waals surface area contributed by atoms with Crippen molar-refractivity contribution < 1.29 is 15.5 Å². The largest absolute Gasteiger partial charge is 0.503 e. The SMILES string of the molecule is CC(C)(C)c1cc([NH2+]c2cc(C(C)(C)C)cc(C(C)(C)C)c2O)c(O)c(C(C)(C)C)c1. The first-order valence-corrected chi connectivity index (χ1v) is 11.3. The Morgan fingerprint density at radius 3 is 1.00 bits per heavy atom. The number of quaternary nitrogens is 1. The molecule has 3 nitrogen and oxygen atoms in total. The van der Waals surface area contributed by atoms with Crippen molar-refractivity contribution >= 4 is 11.4 Å². The predicted octanol–water partition coefficient (Wildman–Crippen LogP) is 6.81. The van der Waals surface area contributed by atoms with Crippen LogP contribution < -0.4 is 5.32 Å². The molecule has 0 amide bonds. The van der Waals surface area contributed by atoms with Gasteiger partial charge in [-0.3, -0.25) is 5.32 Å². The lowest BCUT2D eigenvalue weighted by Gasteiger charge is -2.28. The first kappa shape index (κ1) is 25.3. The summed E-state index contributed by atoms with van der Waals surface area (Å²) in [6.07, 6.45) is 0. The van der Waals surface area contributed by atoms with Crippen molar-refractivity contribution in [1.29, 1.82) is 0 Å². The third-order valence-corrected chi connectivity index (χ3v) is 5.94. The van der Waals surface area contributed by atoms with E-state index >= 15 is 0 Å². The van der Waals surface area contributed by atoms with Gasteiger partial charge in [0.2, 0.25) is 0 Å². The lowest BCUT2D eigenvalue weighted by atomic mass is 9.79. The minimum atomic E-state index is -0.195. The Bertz CT molecular complexity index is 879. The fraction of sp³-hybridized carbons (Fsp3) is 0.571. The van der Waals surface area contributed by atoms with Crippen molar-refractivity contribution in [3.8, 4) is 11.5 Å². The minimum absolute atomic E-state index is 0.0534. The molecule has 0 aliphatic heterocycles. The second-order valence-corrected chi connectivity index (χ2v) is 13.1. The van der Waals surface area contributed by atoms with Crippen LogP contribution in [-0.2, 0) is 21.7 Å². The van der Waals surface area contributed by atoms with Gasteiger partial charge in [0.15, 0.2) is 22.9 Å². The third-order valence-electron chi connectivity index (χ3n) is 5.94. The summed E-state index contributed by atoms with van der Waals surface area (Å²) in [5, 5.41) is 24.4. The average molecular weight is 427 g/mol. The zero-order valence-corrected chi connectivity index (χ0v) is 21.8. The Balaban J connectivity index is 2.78. The molecule has 2 aromatic rings. The van der Waals surface area contributed by atoms with Gasteiger partial charge in [0.25, 0.3) is 0 Å². The van der Waals surface area contributed by atoms with E-state index in [9.17, 15) is 10.2 Å². The maximum atomic E-state index is 11.2. The number of aromatic hydroxyl groups is 2. The van der Waals surface area contributed by atoms with Crippen molar-refractivity contribution in [3.63, 3.8) is 0 Å². The zero-order chi connectivity index (χ0) is 24.2. The highest BCUT2D eigenvalue weighted by molar-refractivity contribution is 5.61. The van der Waals surface area contributed by atoms with Gasteiger partial charge in [-0.25, -0.2) is 0 Å². The highest BCUT2D eigenvalue weighted by atomic mass is 16.3. The van der Waals surface area contributed by atoms with Gasteiger partial charge in [-0.2, -0.15) is 0 Å². The molecule has 0 spiro atoms. The monoisotopic (exact) mass is 426 g/mol. The Kier molecular flexibility index (Phi) is 6.40. The summed E-state index contributed by atoms with van der Waals surface area (Å²) in [5.41, 5.74) is 5.19. The Hall–Kier alpha value is -2.00. The maximum absolute atomic E-state index is 11.2. The molecule has 3 heteroatoms. The Labute approximate surface area is 189 Å². The Morgan fingerprint density at radius 1 is 0.484 bits per heavy atom. The fourth-order valence-corrected chi connectivity index (χ4v) is 3.71. The van der Waals surface area contributed by atoms with E-state index in [0.717, 1.165) is 22.5 Å². The second-order valence-electron chi connectivity index (χ2n) is 13.1. The smallest absolute Gasteiger partial charge is 0.181 e. The molecule has 0 unspecified atom stereocenters. The van der Waals surface area contributed by atoms with Crippen molar-refractivity contribution in [2.75, 3.05) is 0 Å². The van der Waals surface area contributed by atoms with Crippen LogP contribution >= 0.6 is 0 Å². The second kappa shape index (κ2) is 7.85. The van der Waals surface area contributed by atoms with Crippen molar-refractivity contribution in [2.24, 2.45) is 0 Å². The number of phenolic OH excluding ortho intramolecular Hbond substituents is 2. The molecular formula is C28H44NO2+. The molecule has 2 aromatic carbocycles. The summed E-state index contributed by atoms with van der Waals surface area (Å²) < 4.78 is 0. The summed E-state index contributed by atoms with van der Waals surface area (Å²) >= 11 is 0. The van der Waals surface area contributed by atoms with E-state index in [4.69, 9.17) is 0 Å². The van der Waals surface area contributed by atoms with Crippen LogP contribution in [0, 0.1) is 0 Å². The summed E-state index contributed by atoms with van der Waals surface area (Å²) in [7, 11) is 0. The van der Waals surface area contributed by atoms with Gasteiger partial charge in [-0.15, -0.1) is 0 Å². The van der Waals surface area contributed by atoms with Crippen LogP contribution in [-0.4, -0.2) is 10.2 Å². The number of nitrogens with two attached hydrogens (primary N) is 1. The quantitative estimate of drug-likeness (QED) is 0.365. The molecule has 31 heavy (non-hydrogen) atoms. The summed E-state index contributed by atoms with van der Waals surface area (Å²) in [4.78, 5) is 0. The molecule has 0 saturated heterocycles. The Morgan fingerprint density at radius 2 is 0.774 bits per heavy atom. The lowest BCUT2D eigenvalue weighted by molar-refractivity contribution is -0.480. The highest BCUT2D eigenvalue weighted by Gasteiger charge is 2.30. The van der Waals surface area contributed by atoms with Crippen molar-refractivity contribution in [2.45, 2.75) is 105 Å². The van der Waals surface area contributed by atoms with E-state index in [1.54, 1.807) is 0 Å². The van der Waals surface area contributed by atoms with Crippen molar-refractivity contribution in [1.82, 2.24) is 0 Å². The van der Waals surface area contributed by atoms with E-state index in [-0.39, 0.29) is 21.7 Å². The standard InChI is InChI=1S/C28H43NO2/c1-25(2,3)17-13-19(27(7,8)9)23(30)21(15-17)29-22-16-18(26(4,5)6)14-20(24(22)31)28(10,11)12/h13-16,29-31H,1-12H3/p+1. The molecule has 0 atom stereocenters. The number of hydrogen-bond acceptors (Lipinski definition) is 2. The molecule has 0 saturated carbocycles. The van der Waals surface area contributed by atoms with E-state index < -0.39 is 0 Å². The number of phenols is 2. The predicted molar refractivity (Wildman–Crippen MR) is 132 cm³/mol. The van der Waals surface area contributed by atoms with Crippen molar-refractivity contribution in [3.05, 3.63) is 46.5 Å². The molecule has 0 bridgehead atoms. The first-order chi connectivity index (χ1) is 13.7. The normalized spacial score (nSPS) is 13.5. The van der Waals surface area contributed by atoms with Crippen LogP contribution in [0.25, 0.3) is 0 Å². The summed E-state index contributed by atoms with van der Waals surface area (Å²) in [5.74, 6) is 0.580. The fourth-order valence-electron chi connectivity index (χ4n) is 3.71. The van der Waals surface area contributed by atoms with Crippen LogP contribution in [0.5, 0.6) is 11.5 Å². The lowest BCUT2D eigenvalue weighted by Crippen LogP contribution is -2.71. The van der Waals surface area contributed by atoms with Crippen LogP contribution in [0.2, 0.25) is 0 Å². The highest BCUT2D eigenvalue weighted by Crippen LogP contribution is 2.41. The average Bonchev–Trinajstić information content (AvgIpc) is 2.53. The maximum Gasteiger partial charge on any atom is 0.181 e. The summed E-state index contributed by atoms with van der Waals surface area (Å²) in [6, 6.07) is 8.37. The molecule has 2 rings (SSSR count). The third kappa shape index (κ3) is 5.63. The molecule has 0 aromatic heterocycles. The minimum Gasteiger partial charge on any atom is -0.503 e. The topological polar surface area (TPSA) is 57.1 Å². The zero-order valence-electron chi connectivity index (χ0n) is 21.8. The van der Waals surface area contributed by atoms with Gasteiger partial charge in [0.05, 0.1) is 0 Å². The van der Waals surface area contributed by atoms with Crippen LogP contribution in [0.1, 0.15) is 105 Å². The molecule has 0 aliphatic rings. The van der Waals surface area contributed by atoms with Gasteiger partial charge in [-0.05, 0) is 32.8 Å². The molecule has 0 heterocycles. The molecular weight excluding hydrogens is 382 g/mol. The number of benzene rings is 2. The molecule has 4 N–H and O–H groups in total. The van der Waals surface area contributed by atoms with Gasteiger partial charge in [0.1, 0.15) is 0 Å². The van der Waals surface area contributed by atoms with Crippen LogP contribution in [0.3, 0.4) is 0 Å². The number of hydrogen-bond donors (Lipinski definition) is 3. The molecule has 0 aliphatic carbocycles. The van der Waals surface area contributed by atoms with Gasteiger partial charge in [0, 0.05) is 23.3 Å². The number of rotatable bonds is 2. The van der Waals surface area contributed by atoms with Gasteiger partial charge >= 0.3 is 0 Å². The van der Waals surface area contributed by atoms with E-state index in [1.165, 1.54) is 11.1 Å². The molecule has 172 valence electrons. The summed E-state index contributed by atoms with van der Waals surface area (Å²) in [6.45, 7) is 25.8. The van der Waals surface area contributed by atoms with Gasteiger partial charge in [-0.1, -0.05) is 95.2 Å². The molecule has 0 radical (unpaired) electrons. The van der Waals surface area contributed by atoms with Crippen LogP contribution in [0.15, 0.2) is 24.3 Å². The van der Waals surface area contributed by atoms with Crippen LogP contribution in [0.4, 0.5) is 11.4 Å². The molecule has 0 fully saturated rings. The van der Waals surface area contributed by atoms with Gasteiger partial charge < -0.3 is 10.2 Å². The van der Waals surface area contributed by atoms with E-state index in [2.05, 4.69) is 107 Å². The van der Waals surface area contributed by atoms with E-state index in [0.29, 0.717) is 11.5 Å². The van der Waals surface area contributed by atoms with E-state index in [1.807, 2.05) is 5.32 Å².